The topological polar surface area (TPSA) is 33.1 Å². The Bertz CT molecular complexity index is 398. The van der Waals surface area contributed by atoms with Gasteiger partial charge >= 0.3 is 0 Å². The van der Waals surface area contributed by atoms with Gasteiger partial charge in [-0.2, -0.15) is 0 Å². The van der Waals surface area contributed by atoms with Gasteiger partial charge in [0.1, 0.15) is 5.75 Å². The minimum absolute atomic E-state index is 0.297. The van der Waals surface area contributed by atoms with Gasteiger partial charge in [0.05, 0.1) is 14.0 Å². The molecule has 0 atom stereocenters. The van der Waals surface area contributed by atoms with Crippen LogP contribution in [-0.2, 0) is 0 Å². The van der Waals surface area contributed by atoms with E-state index in [1.54, 1.807) is 12.3 Å². The second-order valence-electron chi connectivity index (χ2n) is 2.09. The normalized spacial score (nSPS) is 10.6. The van der Waals surface area contributed by atoms with Crippen molar-refractivity contribution in [3.05, 3.63) is 22.1 Å². The van der Waals surface area contributed by atoms with E-state index in [9.17, 15) is 5.11 Å². The molecule has 0 aliphatic rings. The molecule has 4 heteroatoms. The van der Waals surface area contributed by atoms with E-state index in [4.69, 9.17) is 0 Å². The van der Waals surface area contributed by atoms with Crippen LogP contribution in [0.25, 0.3) is 10.2 Å². The second-order valence-corrected chi connectivity index (χ2v) is 4.53. The molecular formula is C7H4BrNOS. The van der Waals surface area contributed by atoms with Crippen LogP contribution in [0.2, 0.25) is 0 Å². The molecule has 0 saturated carbocycles. The molecule has 11 heavy (non-hydrogen) atoms. The van der Waals surface area contributed by atoms with E-state index in [1.807, 2.05) is 6.07 Å². The molecule has 2 aromatic rings. The van der Waals surface area contributed by atoms with E-state index in [0.717, 1.165) is 14.0 Å². The zero-order valence-electron chi connectivity index (χ0n) is 5.41. The second kappa shape index (κ2) is 2.46. The number of pyridine rings is 1. The van der Waals surface area contributed by atoms with E-state index in [-0.39, 0.29) is 0 Å². The van der Waals surface area contributed by atoms with E-state index in [2.05, 4.69) is 20.9 Å². The summed E-state index contributed by atoms with van der Waals surface area (Å²) in [7, 11) is 0. The first kappa shape index (κ1) is 7.06. The standard InChI is InChI=1S/C7H4BrNOS/c8-6-3-4-7(11-6)5(10)1-2-9-4/h1-3H,(H,9,10). The molecular weight excluding hydrogens is 226 g/mol. The van der Waals surface area contributed by atoms with Crippen molar-refractivity contribution in [3.8, 4) is 5.75 Å². The molecule has 0 aliphatic carbocycles. The fourth-order valence-electron chi connectivity index (χ4n) is 0.896. The van der Waals surface area contributed by atoms with E-state index in [0.29, 0.717) is 5.75 Å². The van der Waals surface area contributed by atoms with Crippen LogP contribution in [0.3, 0.4) is 0 Å². The molecule has 2 rings (SSSR count). The number of halogens is 1. The Labute approximate surface area is 75.6 Å². The van der Waals surface area contributed by atoms with Crippen LogP contribution in [0, 0.1) is 0 Å². The Morgan fingerprint density at radius 1 is 1.55 bits per heavy atom. The minimum atomic E-state index is 0.297. The van der Waals surface area contributed by atoms with Gasteiger partial charge in [0, 0.05) is 6.20 Å². The first-order chi connectivity index (χ1) is 5.27. The Hall–Kier alpha value is -0.610. The summed E-state index contributed by atoms with van der Waals surface area (Å²) in [6, 6.07) is 3.48. The summed E-state index contributed by atoms with van der Waals surface area (Å²) in [6.07, 6.45) is 1.59. The molecule has 0 saturated heterocycles. The molecule has 2 aromatic heterocycles. The lowest BCUT2D eigenvalue weighted by Gasteiger charge is -1.89. The Kier molecular flexibility index (Phi) is 1.58. The molecule has 0 aliphatic heterocycles. The molecule has 0 unspecified atom stereocenters. The fraction of sp³-hybridized carbons (Fsp3) is 0. The quantitative estimate of drug-likeness (QED) is 0.754. The number of rotatable bonds is 0. The highest BCUT2D eigenvalue weighted by molar-refractivity contribution is 9.11. The Morgan fingerprint density at radius 2 is 2.36 bits per heavy atom. The average molecular weight is 230 g/mol. The summed E-state index contributed by atoms with van der Waals surface area (Å²) in [6.45, 7) is 0. The van der Waals surface area contributed by atoms with Gasteiger partial charge in [-0.1, -0.05) is 0 Å². The number of thiophene rings is 1. The summed E-state index contributed by atoms with van der Waals surface area (Å²) in [5.41, 5.74) is 0.835. The van der Waals surface area contributed by atoms with Crippen LogP contribution < -0.4 is 0 Å². The summed E-state index contributed by atoms with van der Waals surface area (Å²) in [5, 5.41) is 9.33. The van der Waals surface area contributed by atoms with Crippen molar-refractivity contribution in [1.29, 1.82) is 0 Å². The highest BCUT2D eigenvalue weighted by atomic mass is 79.9. The van der Waals surface area contributed by atoms with Gasteiger partial charge in [-0.05, 0) is 28.1 Å². The Morgan fingerprint density at radius 3 is 3.09 bits per heavy atom. The minimum Gasteiger partial charge on any atom is -0.506 e. The zero-order chi connectivity index (χ0) is 7.84. The lowest BCUT2D eigenvalue weighted by atomic mass is 10.4. The first-order valence-corrected chi connectivity index (χ1v) is 4.61. The molecule has 2 nitrogen and oxygen atoms in total. The van der Waals surface area contributed by atoms with Gasteiger partial charge in [0.2, 0.25) is 0 Å². The summed E-state index contributed by atoms with van der Waals surface area (Å²) >= 11 is 4.81. The fourth-order valence-corrected chi connectivity index (χ4v) is 2.35. The number of hydrogen-bond donors (Lipinski definition) is 1. The molecule has 0 spiro atoms. The van der Waals surface area contributed by atoms with Crippen LogP contribution in [0.5, 0.6) is 5.75 Å². The maximum Gasteiger partial charge on any atom is 0.136 e. The van der Waals surface area contributed by atoms with E-state index in [1.165, 1.54) is 11.3 Å². The Balaban J connectivity index is 2.90. The van der Waals surface area contributed by atoms with Gasteiger partial charge < -0.3 is 5.11 Å². The largest absolute Gasteiger partial charge is 0.506 e. The van der Waals surface area contributed by atoms with Gasteiger partial charge in [-0.25, -0.2) is 0 Å². The third-order valence-corrected chi connectivity index (χ3v) is 3.01. The van der Waals surface area contributed by atoms with E-state index >= 15 is 0 Å². The van der Waals surface area contributed by atoms with Crippen molar-refractivity contribution >= 4 is 37.5 Å². The molecule has 56 valence electrons. The molecule has 0 aromatic carbocycles. The molecule has 0 amide bonds. The van der Waals surface area contributed by atoms with E-state index < -0.39 is 0 Å². The molecule has 1 N–H and O–H groups in total. The van der Waals surface area contributed by atoms with Crippen molar-refractivity contribution < 1.29 is 5.11 Å². The first-order valence-electron chi connectivity index (χ1n) is 3.00. The summed E-state index contributed by atoms with van der Waals surface area (Å²) in [4.78, 5) is 4.08. The van der Waals surface area contributed by atoms with Crippen LogP contribution in [0.4, 0.5) is 0 Å². The van der Waals surface area contributed by atoms with Gasteiger partial charge in [-0.3, -0.25) is 4.98 Å². The zero-order valence-corrected chi connectivity index (χ0v) is 7.82. The van der Waals surface area contributed by atoms with Crippen LogP contribution in [0.1, 0.15) is 0 Å². The highest BCUT2D eigenvalue weighted by Gasteiger charge is 2.03. The number of fused-ring (bicyclic) bond motifs is 1. The molecule has 2 heterocycles. The van der Waals surface area contributed by atoms with Crippen molar-refractivity contribution in [3.63, 3.8) is 0 Å². The molecule has 0 fully saturated rings. The van der Waals surface area contributed by atoms with Crippen LogP contribution >= 0.6 is 27.3 Å². The highest BCUT2D eigenvalue weighted by Crippen LogP contribution is 2.33. The van der Waals surface area contributed by atoms with Crippen LogP contribution in [-0.4, -0.2) is 10.1 Å². The number of aromatic hydroxyl groups is 1. The summed E-state index contributed by atoms with van der Waals surface area (Å²) in [5.74, 6) is 0.297. The lowest BCUT2D eigenvalue weighted by Crippen LogP contribution is -1.69. The molecule has 0 radical (unpaired) electrons. The third-order valence-electron chi connectivity index (χ3n) is 1.36. The molecule has 0 bridgehead atoms. The maximum atomic E-state index is 9.33. The van der Waals surface area contributed by atoms with Gasteiger partial charge in [0.25, 0.3) is 0 Å². The van der Waals surface area contributed by atoms with Crippen LogP contribution in [0.15, 0.2) is 22.1 Å². The lowest BCUT2D eigenvalue weighted by molar-refractivity contribution is 0.482. The van der Waals surface area contributed by atoms with Gasteiger partial charge in [0.15, 0.2) is 0 Å². The van der Waals surface area contributed by atoms with Crippen molar-refractivity contribution in [2.75, 3.05) is 0 Å². The average Bonchev–Trinajstić information content (AvgIpc) is 2.31. The third kappa shape index (κ3) is 1.12. The predicted molar refractivity (Wildman–Crippen MR) is 49.0 cm³/mol. The predicted octanol–water partition coefficient (Wildman–Crippen LogP) is 2.76. The monoisotopic (exact) mass is 229 g/mol. The SMILES string of the molecule is Oc1ccnc2cc(Br)sc12. The van der Waals surface area contributed by atoms with Gasteiger partial charge in [-0.15, -0.1) is 11.3 Å². The smallest absolute Gasteiger partial charge is 0.136 e. The van der Waals surface area contributed by atoms with Crippen molar-refractivity contribution in [2.45, 2.75) is 0 Å². The maximum absolute atomic E-state index is 9.33. The van der Waals surface area contributed by atoms with Crippen molar-refractivity contribution in [1.82, 2.24) is 4.98 Å². The number of aromatic nitrogens is 1. The number of nitrogens with zero attached hydrogens (tertiary/aromatic N) is 1. The van der Waals surface area contributed by atoms with Crippen molar-refractivity contribution in [2.24, 2.45) is 0 Å². The number of hydrogen-bond acceptors (Lipinski definition) is 3. The summed E-state index contributed by atoms with van der Waals surface area (Å²) < 4.78 is 1.82.